The Morgan fingerprint density at radius 1 is 1.22 bits per heavy atom. The highest BCUT2D eigenvalue weighted by Gasteiger charge is 2.26. The van der Waals surface area contributed by atoms with Crippen molar-refractivity contribution in [1.82, 2.24) is 5.32 Å². The summed E-state index contributed by atoms with van der Waals surface area (Å²) < 4.78 is 26.5. The molecule has 1 N–H and O–H groups in total. The first-order valence-electron chi connectivity index (χ1n) is 6.86. The summed E-state index contributed by atoms with van der Waals surface area (Å²) in [5.41, 5.74) is 0.350. The van der Waals surface area contributed by atoms with E-state index >= 15 is 0 Å². The van der Waals surface area contributed by atoms with Gasteiger partial charge in [0.2, 0.25) is 0 Å². The van der Waals surface area contributed by atoms with Crippen LogP contribution < -0.4 is 9.62 Å². The molecule has 0 aliphatic rings. The Hall–Kier alpha value is -1.57. The summed E-state index contributed by atoms with van der Waals surface area (Å²) in [4.78, 5) is 12.7. The monoisotopic (exact) mass is 372 g/mol. The summed E-state index contributed by atoms with van der Waals surface area (Å²) in [6.45, 7) is 3.69. The smallest absolute Gasteiger partial charge is 0.264 e. The average molecular weight is 373 g/mol. The van der Waals surface area contributed by atoms with Crippen molar-refractivity contribution in [3.05, 3.63) is 45.6 Å². The van der Waals surface area contributed by atoms with Crippen molar-refractivity contribution < 1.29 is 13.2 Å². The minimum atomic E-state index is -3.76. The van der Waals surface area contributed by atoms with Crippen LogP contribution in [0.15, 0.2) is 40.6 Å². The summed E-state index contributed by atoms with van der Waals surface area (Å²) in [6.07, 6.45) is 0. The molecule has 0 aliphatic carbocycles. The van der Waals surface area contributed by atoms with Gasteiger partial charge in [0.05, 0.1) is 10.6 Å². The fourth-order valence-electron chi connectivity index (χ4n) is 1.94. The van der Waals surface area contributed by atoms with Crippen LogP contribution in [0.4, 0.5) is 5.69 Å². The van der Waals surface area contributed by atoms with Crippen molar-refractivity contribution in [3.63, 3.8) is 0 Å². The molecule has 0 radical (unpaired) electrons. The van der Waals surface area contributed by atoms with Crippen LogP contribution in [0.5, 0.6) is 0 Å². The summed E-state index contributed by atoms with van der Waals surface area (Å²) in [5, 5.41) is 4.92. The number of nitrogens with zero attached hydrogens (tertiary/aromatic N) is 1. The maximum atomic E-state index is 12.7. The van der Waals surface area contributed by atoms with E-state index in [1.54, 1.807) is 11.4 Å². The molecule has 5 nitrogen and oxygen atoms in total. The van der Waals surface area contributed by atoms with Gasteiger partial charge in [0, 0.05) is 18.1 Å². The molecule has 23 heavy (non-hydrogen) atoms. The highest BCUT2D eigenvalue weighted by Crippen LogP contribution is 2.30. The molecule has 0 fully saturated rings. The lowest BCUT2D eigenvalue weighted by atomic mass is 10.3. The number of rotatable bonds is 5. The minimum absolute atomic E-state index is 0.0318. The lowest BCUT2D eigenvalue weighted by Crippen LogP contribution is -2.32. The largest absolute Gasteiger partial charge is 0.349 e. The van der Waals surface area contributed by atoms with Gasteiger partial charge >= 0.3 is 0 Å². The Kier molecular flexibility index (Phi) is 5.33. The normalized spacial score (nSPS) is 11.5. The maximum Gasteiger partial charge on any atom is 0.264 e. The SMILES string of the molecule is CC(C)NC(=O)c1sccc1N(C)S(=O)(=O)c1ccc(Cl)cc1. The van der Waals surface area contributed by atoms with Crippen LogP contribution in [-0.4, -0.2) is 27.4 Å². The number of sulfonamides is 1. The van der Waals surface area contributed by atoms with E-state index in [0.29, 0.717) is 15.6 Å². The van der Waals surface area contributed by atoms with Crippen LogP contribution in [0.1, 0.15) is 23.5 Å². The topological polar surface area (TPSA) is 66.5 Å². The van der Waals surface area contributed by atoms with Crippen molar-refractivity contribution in [3.8, 4) is 0 Å². The lowest BCUT2D eigenvalue weighted by Gasteiger charge is -2.20. The van der Waals surface area contributed by atoms with Gasteiger partial charge in [0.25, 0.3) is 15.9 Å². The standard InChI is InChI=1S/C15H17ClN2O3S2/c1-10(2)17-15(19)14-13(8-9-22-14)18(3)23(20,21)12-6-4-11(16)5-7-12/h4-10H,1-3H3,(H,17,19). The summed E-state index contributed by atoms with van der Waals surface area (Å²) >= 11 is 7.00. The predicted octanol–water partition coefficient (Wildman–Crippen LogP) is 3.36. The van der Waals surface area contributed by atoms with Gasteiger partial charge in [-0.05, 0) is 49.6 Å². The fraction of sp³-hybridized carbons (Fsp3) is 0.267. The Labute approximate surface area is 144 Å². The fourth-order valence-corrected chi connectivity index (χ4v) is 4.16. The molecule has 1 aromatic heterocycles. The molecule has 0 atom stereocenters. The molecule has 0 aliphatic heterocycles. The van der Waals surface area contributed by atoms with Gasteiger partial charge in [-0.2, -0.15) is 0 Å². The zero-order valence-corrected chi connectivity index (χ0v) is 15.3. The number of halogens is 1. The van der Waals surface area contributed by atoms with Gasteiger partial charge in [0.15, 0.2) is 0 Å². The first-order valence-corrected chi connectivity index (χ1v) is 9.56. The first-order chi connectivity index (χ1) is 10.7. The quantitative estimate of drug-likeness (QED) is 0.875. The molecule has 0 spiro atoms. The number of thiophene rings is 1. The third-order valence-electron chi connectivity index (χ3n) is 3.08. The van der Waals surface area contributed by atoms with Gasteiger partial charge in [0.1, 0.15) is 4.88 Å². The van der Waals surface area contributed by atoms with E-state index in [1.165, 1.54) is 42.6 Å². The molecule has 0 saturated carbocycles. The molecule has 1 heterocycles. The molecule has 0 unspecified atom stereocenters. The zero-order valence-electron chi connectivity index (χ0n) is 12.9. The van der Waals surface area contributed by atoms with E-state index in [2.05, 4.69) is 5.32 Å². The highest BCUT2D eigenvalue weighted by molar-refractivity contribution is 7.92. The van der Waals surface area contributed by atoms with Crippen LogP contribution in [0, 0.1) is 0 Å². The number of hydrogen-bond donors (Lipinski definition) is 1. The van der Waals surface area contributed by atoms with Crippen molar-refractivity contribution in [1.29, 1.82) is 0 Å². The highest BCUT2D eigenvalue weighted by atomic mass is 35.5. The number of hydrogen-bond acceptors (Lipinski definition) is 4. The molecule has 8 heteroatoms. The Balaban J connectivity index is 2.37. The number of anilines is 1. The van der Waals surface area contributed by atoms with Gasteiger partial charge in [-0.25, -0.2) is 8.42 Å². The van der Waals surface area contributed by atoms with Crippen molar-refractivity contribution in [2.45, 2.75) is 24.8 Å². The maximum absolute atomic E-state index is 12.7. The third kappa shape index (κ3) is 3.85. The third-order valence-corrected chi connectivity index (χ3v) is 6.02. The molecule has 0 bridgehead atoms. The second-order valence-corrected chi connectivity index (χ2v) is 8.51. The van der Waals surface area contributed by atoms with Crippen LogP contribution in [-0.2, 0) is 10.0 Å². The van der Waals surface area contributed by atoms with Crippen LogP contribution in [0.3, 0.4) is 0 Å². The van der Waals surface area contributed by atoms with Gasteiger partial charge < -0.3 is 5.32 Å². The molecule has 2 aromatic rings. The number of amides is 1. The molecule has 1 amide bonds. The summed E-state index contributed by atoms with van der Waals surface area (Å²) in [6, 6.07) is 7.50. The van der Waals surface area contributed by atoms with Crippen molar-refractivity contribution in [2.75, 3.05) is 11.4 Å². The summed E-state index contributed by atoms with van der Waals surface area (Å²) in [5.74, 6) is -0.289. The first kappa shape index (κ1) is 17.8. The van der Waals surface area contributed by atoms with Crippen LogP contribution >= 0.6 is 22.9 Å². The average Bonchev–Trinajstić information content (AvgIpc) is 2.95. The van der Waals surface area contributed by atoms with Crippen molar-refractivity contribution in [2.24, 2.45) is 0 Å². The van der Waals surface area contributed by atoms with E-state index in [9.17, 15) is 13.2 Å². The molecular weight excluding hydrogens is 356 g/mol. The lowest BCUT2D eigenvalue weighted by molar-refractivity contribution is 0.0948. The molecule has 2 rings (SSSR count). The van der Waals surface area contributed by atoms with E-state index in [-0.39, 0.29) is 16.8 Å². The van der Waals surface area contributed by atoms with E-state index < -0.39 is 10.0 Å². The van der Waals surface area contributed by atoms with E-state index in [4.69, 9.17) is 11.6 Å². The molecule has 0 saturated heterocycles. The number of benzene rings is 1. The number of carbonyl (C=O) groups excluding carboxylic acids is 1. The van der Waals surface area contributed by atoms with Gasteiger partial charge in [-0.15, -0.1) is 11.3 Å². The van der Waals surface area contributed by atoms with Gasteiger partial charge in [-0.1, -0.05) is 11.6 Å². The van der Waals surface area contributed by atoms with Crippen molar-refractivity contribution >= 4 is 44.6 Å². The van der Waals surface area contributed by atoms with Gasteiger partial charge in [-0.3, -0.25) is 9.10 Å². The van der Waals surface area contributed by atoms with E-state index in [1.807, 2.05) is 13.8 Å². The Morgan fingerprint density at radius 2 is 1.83 bits per heavy atom. The van der Waals surface area contributed by atoms with E-state index in [0.717, 1.165) is 4.31 Å². The molecule has 1 aromatic carbocycles. The molecular formula is C15H17ClN2O3S2. The Bertz CT molecular complexity index is 798. The van der Waals surface area contributed by atoms with Crippen LogP contribution in [0.2, 0.25) is 5.02 Å². The second kappa shape index (κ2) is 6.90. The number of nitrogens with one attached hydrogen (secondary N) is 1. The number of carbonyl (C=O) groups is 1. The zero-order chi connectivity index (χ0) is 17.2. The summed E-state index contributed by atoms with van der Waals surface area (Å²) in [7, 11) is -2.33. The van der Waals surface area contributed by atoms with Crippen LogP contribution in [0.25, 0.3) is 0 Å². The minimum Gasteiger partial charge on any atom is -0.349 e. The predicted molar refractivity (Wildman–Crippen MR) is 94.0 cm³/mol. The Morgan fingerprint density at radius 3 is 2.39 bits per heavy atom. The second-order valence-electron chi connectivity index (χ2n) is 5.19. The molecule has 124 valence electrons.